The van der Waals surface area contributed by atoms with Gasteiger partial charge >= 0.3 is 0 Å². The van der Waals surface area contributed by atoms with Gasteiger partial charge in [0.15, 0.2) is 0 Å². The summed E-state index contributed by atoms with van der Waals surface area (Å²) in [6.07, 6.45) is 0.804. The fraction of sp³-hybridized carbons (Fsp3) is 1.00. The predicted molar refractivity (Wildman–Crippen MR) is 72.0 cm³/mol. The Morgan fingerprint density at radius 1 is 1.25 bits per heavy atom. The molecule has 0 aliphatic rings. The highest BCUT2D eigenvalue weighted by atomic mass is 79.9. The number of nitrogens with zero attached hydrogens (tertiary/aromatic N) is 1. The summed E-state index contributed by atoms with van der Waals surface area (Å²) in [7, 11) is -3.33. The SMILES string of the molecule is CCN(CC)S(=O)(=O)NC(CCBr)C(C)C. The van der Waals surface area contributed by atoms with Gasteiger partial charge in [-0.1, -0.05) is 43.6 Å². The first-order valence-electron chi connectivity index (χ1n) is 5.72. The molecule has 0 amide bonds. The van der Waals surface area contributed by atoms with Crippen LogP contribution in [-0.2, 0) is 10.2 Å². The molecule has 0 aliphatic heterocycles. The number of alkyl halides is 1. The van der Waals surface area contributed by atoms with E-state index in [0.29, 0.717) is 19.0 Å². The van der Waals surface area contributed by atoms with E-state index < -0.39 is 10.2 Å². The minimum absolute atomic E-state index is 0.00928. The Labute approximate surface area is 108 Å². The van der Waals surface area contributed by atoms with E-state index >= 15 is 0 Å². The monoisotopic (exact) mass is 314 g/mol. The van der Waals surface area contributed by atoms with Crippen LogP contribution in [0.3, 0.4) is 0 Å². The first-order valence-corrected chi connectivity index (χ1v) is 8.28. The fourth-order valence-corrected chi connectivity index (χ4v) is 3.57. The van der Waals surface area contributed by atoms with E-state index in [1.165, 1.54) is 4.31 Å². The second-order valence-electron chi connectivity index (χ2n) is 4.04. The standard InChI is InChI=1S/C10H23BrN2O2S/c1-5-13(6-2)16(14,15)12-10(7-8-11)9(3)4/h9-10,12H,5-8H2,1-4H3. The molecule has 1 unspecified atom stereocenters. The van der Waals surface area contributed by atoms with Gasteiger partial charge in [-0.05, 0) is 12.3 Å². The first kappa shape index (κ1) is 16.4. The van der Waals surface area contributed by atoms with Gasteiger partial charge in [-0.25, -0.2) is 0 Å². The molecule has 0 heterocycles. The number of nitrogens with one attached hydrogen (secondary N) is 1. The van der Waals surface area contributed by atoms with Gasteiger partial charge in [0, 0.05) is 24.5 Å². The number of rotatable bonds is 8. The first-order chi connectivity index (χ1) is 7.38. The van der Waals surface area contributed by atoms with Gasteiger partial charge in [0.05, 0.1) is 0 Å². The molecule has 0 bridgehead atoms. The van der Waals surface area contributed by atoms with Crippen LogP contribution in [0.4, 0.5) is 0 Å². The van der Waals surface area contributed by atoms with Gasteiger partial charge in [0.2, 0.25) is 0 Å². The third-order valence-corrected chi connectivity index (χ3v) is 4.83. The van der Waals surface area contributed by atoms with Gasteiger partial charge in [0.25, 0.3) is 10.2 Å². The lowest BCUT2D eigenvalue weighted by atomic mass is 10.0. The van der Waals surface area contributed by atoms with E-state index in [1.807, 2.05) is 27.7 Å². The van der Waals surface area contributed by atoms with Gasteiger partial charge in [-0.3, -0.25) is 0 Å². The van der Waals surface area contributed by atoms with Crippen LogP contribution in [0.25, 0.3) is 0 Å². The van der Waals surface area contributed by atoms with Crippen LogP contribution in [0, 0.1) is 5.92 Å². The number of halogens is 1. The Balaban J connectivity index is 4.64. The molecule has 0 rings (SSSR count). The quantitative estimate of drug-likeness (QED) is 0.696. The summed E-state index contributed by atoms with van der Waals surface area (Å²) in [6.45, 7) is 8.75. The summed E-state index contributed by atoms with van der Waals surface area (Å²) in [4.78, 5) is 0. The molecule has 0 spiro atoms. The van der Waals surface area contributed by atoms with Crippen LogP contribution < -0.4 is 4.72 Å². The molecule has 1 atom stereocenters. The van der Waals surface area contributed by atoms with Crippen molar-refractivity contribution < 1.29 is 8.42 Å². The van der Waals surface area contributed by atoms with Gasteiger partial charge in [-0.15, -0.1) is 0 Å². The summed E-state index contributed by atoms with van der Waals surface area (Å²) >= 11 is 3.35. The highest BCUT2D eigenvalue weighted by Gasteiger charge is 2.24. The van der Waals surface area contributed by atoms with Crippen molar-refractivity contribution in [2.75, 3.05) is 18.4 Å². The van der Waals surface area contributed by atoms with Gasteiger partial charge in [-0.2, -0.15) is 17.4 Å². The predicted octanol–water partition coefficient (Wildman–Crippen LogP) is 1.97. The van der Waals surface area contributed by atoms with Crippen molar-refractivity contribution in [3.8, 4) is 0 Å². The lowest BCUT2D eigenvalue weighted by Gasteiger charge is -2.26. The Bertz CT molecular complexity index is 277. The molecular weight excluding hydrogens is 292 g/mol. The molecule has 98 valence electrons. The van der Waals surface area contributed by atoms with Crippen LogP contribution in [0.15, 0.2) is 0 Å². The maximum atomic E-state index is 12.0. The molecule has 0 aromatic carbocycles. The Morgan fingerprint density at radius 2 is 1.75 bits per heavy atom. The van der Waals surface area contributed by atoms with Crippen molar-refractivity contribution in [3.63, 3.8) is 0 Å². The molecule has 1 N–H and O–H groups in total. The highest BCUT2D eigenvalue weighted by molar-refractivity contribution is 9.09. The minimum atomic E-state index is -3.33. The molecule has 0 fully saturated rings. The molecule has 6 heteroatoms. The van der Waals surface area contributed by atoms with E-state index in [-0.39, 0.29) is 6.04 Å². The maximum absolute atomic E-state index is 12.0. The normalized spacial score (nSPS) is 14.7. The molecule has 0 radical (unpaired) electrons. The highest BCUT2D eigenvalue weighted by Crippen LogP contribution is 2.10. The number of hydrogen-bond acceptors (Lipinski definition) is 2. The molecule has 0 aromatic heterocycles. The van der Waals surface area contributed by atoms with Crippen LogP contribution >= 0.6 is 15.9 Å². The van der Waals surface area contributed by atoms with Crippen LogP contribution in [0.5, 0.6) is 0 Å². The average Bonchev–Trinajstić information content (AvgIpc) is 2.18. The zero-order valence-corrected chi connectivity index (χ0v) is 12.9. The fourth-order valence-electron chi connectivity index (χ4n) is 1.48. The summed E-state index contributed by atoms with van der Waals surface area (Å²) < 4.78 is 28.2. The van der Waals surface area contributed by atoms with Crippen LogP contribution in [0.2, 0.25) is 0 Å². The average molecular weight is 315 g/mol. The Kier molecular flexibility index (Phi) is 7.80. The molecule has 0 saturated carbocycles. The molecule has 16 heavy (non-hydrogen) atoms. The lowest BCUT2D eigenvalue weighted by Crippen LogP contribution is -2.47. The lowest BCUT2D eigenvalue weighted by molar-refractivity contribution is 0.394. The van der Waals surface area contributed by atoms with Crippen molar-refractivity contribution in [1.82, 2.24) is 9.03 Å². The third kappa shape index (κ3) is 5.12. The minimum Gasteiger partial charge on any atom is -0.199 e. The van der Waals surface area contributed by atoms with Crippen molar-refractivity contribution in [2.45, 2.75) is 40.2 Å². The second-order valence-corrected chi connectivity index (χ2v) is 6.53. The summed E-state index contributed by atoms with van der Waals surface area (Å²) in [6, 6.07) is -0.00928. The third-order valence-electron chi connectivity index (χ3n) is 2.57. The molecular formula is C10H23BrN2O2S. The van der Waals surface area contributed by atoms with Crippen molar-refractivity contribution in [3.05, 3.63) is 0 Å². The van der Waals surface area contributed by atoms with E-state index in [2.05, 4.69) is 20.7 Å². The molecule has 0 aromatic rings. The van der Waals surface area contributed by atoms with E-state index in [0.717, 1.165) is 11.8 Å². The molecule has 4 nitrogen and oxygen atoms in total. The summed E-state index contributed by atoms with van der Waals surface area (Å²) in [5.41, 5.74) is 0. The second kappa shape index (κ2) is 7.63. The zero-order chi connectivity index (χ0) is 12.8. The molecule has 0 saturated heterocycles. The maximum Gasteiger partial charge on any atom is 0.279 e. The van der Waals surface area contributed by atoms with Gasteiger partial charge < -0.3 is 0 Å². The van der Waals surface area contributed by atoms with Crippen molar-refractivity contribution in [2.24, 2.45) is 5.92 Å². The van der Waals surface area contributed by atoms with Gasteiger partial charge in [0.1, 0.15) is 0 Å². The summed E-state index contributed by atoms with van der Waals surface area (Å²) in [5.74, 6) is 0.294. The van der Waals surface area contributed by atoms with Crippen molar-refractivity contribution >= 4 is 26.1 Å². The van der Waals surface area contributed by atoms with Crippen molar-refractivity contribution in [1.29, 1.82) is 0 Å². The van der Waals surface area contributed by atoms with E-state index in [1.54, 1.807) is 0 Å². The largest absolute Gasteiger partial charge is 0.279 e. The smallest absolute Gasteiger partial charge is 0.199 e. The number of hydrogen-bond donors (Lipinski definition) is 1. The zero-order valence-electron chi connectivity index (χ0n) is 10.5. The Hall–Kier alpha value is 0.350. The topological polar surface area (TPSA) is 49.4 Å². The van der Waals surface area contributed by atoms with Crippen LogP contribution in [-0.4, -0.2) is 37.2 Å². The van der Waals surface area contributed by atoms with E-state index in [9.17, 15) is 8.42 Å². The molecule has 0 aliphatic carbocycles. The summed E-state index contributed by atoms with van der Waals surface area (Å²) in [5, 5.41) is 0.802. The van der Waals surface area contributed by atoms with E-state index in [4.69, 9.17) is 0 Å². The Morgan fingerprint density at radius 3 is 2.06 bits per heavy atom. The van der Waals surface area contributed by atoms with Crippen LogP contribution in [0.1, 0.15) is 34.1 Å².